The average molecular weight is 223 g/mol. The molecule has 0 aliphatic rings. The Kier molecular flexibility index (Phi) is 5.12. The fourth-order valence-electron chi connectivity index (χ4n) is 1.70. The van der Waals surface area contributed by atoms with Gasteiger partial charge in [-0.2, -0.15) is 0 Å². The molecule has 0 atom stereocenters. The third-order valence-corrected chi connectivity index (χ3v) is 2.63. The molecule has 0 spiro atoms. The van der Waals surface area contributed by atoms with E-state index in [0.29, 0.717) is 0 Å². The lowest BCUT2D eigenvalue weighted by Crippen LogP contribution is -2.13. The van der Waals surface area contributed by atoms with Gasteiger partial charge in [-0.3, -0.25) is 0 Å². The van der Waals surface area contributed by atoms with E-state index >= 15 is 0 Å². The first-order valence-electron chi connectivity index (χ1n) is 5.71. The Hall–Kier alpha value is -1.22. The maximum atomic E-state index is 5.39. The highest BCUT2D eigenvalue weighted by atomic mass is 16.5. The first kappa shape index (κ1) is 12.8. The first-order valence-corrected chi connectivity index (χ1v) is 5.71. The molecule has 0 heterocycles. The molecule has 0 unspecified atom stereocenters. The largest absolute Gasteiger partial charge is 0.496 e. The molecule has 3 heteroatoms. The molecular formula is C13H21NO2. The molecule has 90 valence electrons. The van der Waals surface area contributed by atoms with Gasteiger partial charge in [0.2, 0.25) is 0 Å². The van der Waals surface area contributed by atoms with Crippen LogP contribution in [-0.2, 0) is 13.0 Å². The van der Waals surface area contributed by atoms with Crippen molar-refractivity contribution in [2.45, 2.75) is 26.8 Å². The van der Waals surface area contributed by atoms with Crippen LogP contribution >= 0.6 is 0 Å². The highest BCUT2D eigenvalue weighted by molar-refractivity contribution is 5.46. The molecule has 1 rings (SSSR count). The summed E-state index contributed by atoms with van der Waals surface area (Å²) in [5.41, 5.74) is 2.32. The van der Waals surface area contributed by atoms with Crippen LogP contribution in [0, 0.1) is 0 Å². The van der Waals surface area contributed by atoms with Crippen molar-refractivity contribution in [3.05, 3.63) is 23.3 Å². The second-order valence-corrected chi connectivity index (χ2v) is 3.61. The van der Waals surface area contributed by atoms with Gasteiger partial charge in [0.05, 0.1) is 14.2 Å². The number of benzene rings is 1. The highest BCUT2D eigenvalue weighted by Gasteiger charge is 2.09. The van der Waals surface area contributed by atoms with E-state index in [9.17, 15) is 0 Å². The minimum absolute atomic E-state index is 0.806. The molecule has 0 saturated heterocycles. The summed E-state index contributed by atoms with van der Waals surface area (Å²) in [6.45, 7) is 5.95. The first-order chi connectivity index (χ1) is 7.76. The maximum Gasteiger partial charge on any atom is 0.123 e. The molecule has 0 aromatic heterocycles. The minimum atomic E-state index is 0.806. The molecule has 0 aliphatic heterocycles. The fourth-order valence-corrected chi connectivity index (χ4v) is 1.70. The molecule has 0 bridgehead atoms. The van der Waals surface area contributed by atoms with Gasteiger partial charge in [0.25, 0.3) is 0 Å². The van der Waals surface area contributed by atoms with Crippen molar-refractivity contribution < 1.29 is 9.47 Å². The lowest BCUT2D eigenvalue weighted by atomic mass is 10.1. The predicted molar refractivity (Wildman–Crippen MR) is 66.3 cm³/mol. The SMILES string of the molecule is CCNCc1cc(OC)c(CC)cc1OC. The minimum Gasteiger partial charge on any atom is -0.496 e. The Bertz CT molecular complexity index is 337. The number of rotatable bonds is 6. The van der Waals surface area contributed by atoms with Crippen molar-refractivity contribution in [2.75, 3.05) is 20.8 Å². The molecule has 3 nitrogen and oxygen atoms in total. The summed E-state index contributed by atoms with van der Waals surface area (Å²) in [7, 11) is 3.41. The van der Waals surface area contributed by atoms with E-state index in [1.165, 1.54) is 5.56 Å². The van der Waals surface area contributed by atoms with Gasteiger partial charge in [-0.15, -0.1) is 0 Å². The van der Waals surface area contributed by atoms with E-state index in [0.717, 1.165) is 36.6 Å². The maximum absolute atomic E-state index is 5.39. The summed E-state index contributed by atoms with van der Waals surface area (Å²) in [4.78, 5) is 0. The van der Waals surface area contributed by atoms with Gasteiger partial charge < -0.3 is 14.8 Å². The van der Waals surface area contributed by atoms with Gasteiger partial charge in [0, 0.05) is 12.1 Å². The van der Waals surface area contributed by atoms with Crippen molar-refractivity contribution in [1.29, 1.82) is 0 Å². The molecule has 0 amide bonds. The quantitative estimate of drug-likeness (QED) is 0.803. The Morgan fingerprint density at radius 1 is 1.00 bits per heavy atom. The van der Waals surface area contributed by atoms with Crippen LogP contribution in [0.5, 0.6) is 11.5 Å². The molecule has 1 aromatic carbocycles. The fraction of sp³-hybridized carbons (Fsp3) is 0.538. The Balaban J connectivity index is 3.05. The molecular weight excluding hydrogens is 202 g/mol. The predicted octanol–water partition coefficient (Wildman–Crippen LogP) is 2.38. The third kappa shape index (κ3) is 2.89. The molecule has 0 saturated carbocycles. The Labute approximate surface area is 97.8 Å². The standard InChI is InChI=1S/C13H21NO2/c1-5-10-7-13(16-4)11(9-14-6-2)8-12(10)15-3/h7-8,14H,5-6,9H2,1-4H3. The van der Waals surface area contributed by atoms with Gasteiger partial charge in [-0.25, -0.2) is 0 Å². The Morgan fingerprint density at radius 3 is 2.06 bits per heavy atom. The zero-order chi connectivity index (χ0) is 12.0. The van der Waals surface area contributed by atoms with Gasteiger partial charge >= 0.3 is 0 Å². The summed E-state index contributed by atoms with van der Waals surface area (Å²) in [5, 5.41) is 3.29. The molecule has 16 heavy (non-hydrogen) atoms. The lowest BCUT2D eigenvalue weighted by molar-refractivity contribution is 0.394. The summed E-state index contributed by atoms with van der Waals surface area (Å²) in [6, 6.07) is 4.12. The zero-order valence-corrected chi connectivity index (χ0v) is 10.6. The van der Waals surface area contributed by atoms with Gasteiger partial charge in [0.15, 0.2) is 0 Å². The lowest BCUT2D eigenvalue weighted by Gasteiger charge is -2.14. The smallest absolute Gasteiger partial charge is 0.123 e. The van der Waals surface area contributed by atoms with E-state index in [1.807, 2.05) is 0 Å². The number of hydrogen-bond donors (Lipinski definition) is 1. The van der Waals surface area contributed by atoms with Crippen LogP contribution < -0.4 is 14.8 Å². The number of methoxy groups -OCH3 is 2. The summed E-state index contributed by atoms with van der Waals surface area (Å²) in [6.07, 6.45) is 0.945. The van der Waals surface area contributed by atoms with Crippen LogP contribution in [0.3, 0.4) is 0 Å². The summed E-state index contributed by atoms with van der Waals surface area (Å²) < 4.78 is 10.8. The molecule has 0 fully saturated rings. The monoisotopic (exact) mass is 223 g/mol. The van der Waals surface area contributed by atoms with Crippen molar-refractivity contribution in [3.63, 3.8) is 0 Å². The van der Waals surface area contributed by atoms with Gasteiger partial charge in [-0.05, 0) is 30.7 Å². The van der Waals surface area contributed by atoms with E-state index < -0.39 is 0 Å². The molecule has 0 radical (unpaired) electrons. The van der Waals surface area contributed by atoms with Crippen molar-refractivity contribution in [3.8, 4) is 11.5 Å². The number of aryl methyl sites for hydroxylation is 1. The molecule has 1 N–H and O–H groups in total. The molecule has 1 aromatic rings. The van der Waals surface area contributed by atoms with Crippen molar-refractivity contribution in [1.82, 2.24) is 5.32 Å². The third-order valence-electron chi connectivity index (χ3n) is 2.63. The van der Waals surface area contributed by atoms with Crippen LogP contribution in [0.4, 0.5) is 0 Å². The topological polar surface area (TPSA) is 30.5 Å². The van der Waals surface area contributed by atoms with Crippen molar-refractivity contribution in [2.24, 2.45) is 0 Å². The highest BCUT2D eigenvalue weighted by Crippen LogP contribution is 2.29. The van der Waals surface area contributed by atoms with E-state index in [1.54, 1.807) is 14.2 Å². The zero-order valence-electron chi connectivity index (χ0n) is 10.6. The van der Waals surface area contributed by atoms with Crippen LogP contribution in [0.25, 0.3) is 0 Å². The second-order valence-electron chi connectivity index (χ2n) is 3.61. The number of ether oxygens (including phenoxy) is 2. The average Bonchev–Trinajstić information content (AvgIpc) is 2.35. The van der Waals surface area contributed by atoms with E-state index in [4.69, 9.17) is 9.47 Å². The van der Waals surface area contributed by atoms with Crippen LogP contribution in [0.1, 0.15) is 25.0 Å². The number of nitrogens with one attached hydrogen (secondary N) is 1. The van der Waals surface area contributed by atoms with Crippen molar-refractivity contribution >= 4 is 0 Å². The van der Waals surface area contributed by atoms with Crippen LogP contribution in [0.15, 0.2) is 12.1 Å². The molecule has 0 aliphatic carbocycles. The normalized spacial score (nSPS) is 10.2. The summed E-state index contributed by atoms with van der Waals surface area (Å²) >= 11 is 0. The number of hydrogen-bond acceptors (Lipinski definition) is 3. The van der Waals surface area contributed by atoms with Crippen LogP contribution in [-0.4, -0.2) is 20.8 Å². The summed E-state index contributed by atoms with van der Waals surface area (Å²) in [5.74, 6) is 1.87. The van der Waals surface area contributed by atoms with Crippen LogP contribution in [0.2, 0.25) is 0 Å². The Morgan fingerprint density at radius 2 is 1.56 bits per heavy atom. The second kappa shape index (κ2) is 6.38. The van der Waals surface area contributed by atoms with Gasteiger partial charge in [-0.1, -0.05) is 13.8 Å². The van der Waals surface area contributed by atoms with E-state index in [-0.39, 0.29) is 0 Å². The van der Waals surface area contributed by atoms with Gasteiger partial charge in [0.1, 0.15) is 11.5 Å². The van der Waals surface area contributed by atoms with E-state index in [2.05, 4.69) is 31.3 Å².